The van der Waals surface area contributed by atoms with E-state index in [1.54, 1.807) is 32.2 Å². The number of nitrogens with zero attached hydrogens (tertiary/aromatic N) is 1. The topological polar surface area (TPSA) is 103 Å². The number of amides is 1. The molecule has 25 heavy (non-hydrogen) atoms. The minimum atomic E-state index is -0.534. The van der Waals surface area contributed by atoms with Gasteiger partial charge in [-0.2, -0.15) is 0 Å². The number of anilines is 2. The SMILES string of the molecule is COc1ccc(NC(C)C(=O)Nc2ccc([N+](=O)[O-])cc2)cc1OC. The summed E-state index contributed by atoms with van der Waals surface area (Å²) >= 11 is 0. The van der Waals surface area contributed by atoms with E-state index in [-0.39, 0.29) is 11.6 Å². The van der Waals surface area contributed by atoms with Gasteiger partial charge in [0.1, 0.15) is 6.04 Å². The zero-order valence-electron chi connectivity index (χ0n) is 14.1. The highest BCUT2D eigenvalue weighted by Crippen LogP contribution is 2.30. The van der Waals surface area contributed by atoms with Crippen LogP contribution in [0.1, 0.15) is 6.92 Å². The molecular formula is C17H19N3O5. The average Bonchev–Trinajstić information content (AvgIpc) is 2.61. The van der Waals surface area contributed by atoms with E-state index in [0.29, 0.717) is 22.9 Å². The normalized spacial score (nSPS) is 11.3. The Morgan fingerprint density at radius 2 is 1.64 bits per heavy atom. The smallest absolute Gasteiger partial charge is 0.269 e. The molecule has 0 saturated heterocycles. The van der Waals surface area contributed by atoms with Gasteiger partial charge in [0.15, 0.2) is 11.5 Å². The molecular weight excluding hydrogens is 326 g/mol. The summed E-state index contributed by atoms with van der Waals surface area (Å²) in [7, 11) is 3.08. The molecule has 2 aromatic rings. The minimum absolute atomic E-state index is 0.0329. The summed E-state index contributed by atoms with van der Waals surface area (Å²) in [6, 6.07) is 10.4. The van der Waals surface area contributed by atoms with E-state index in [2.05, 4.69) is 10.6 Å². The Labute approximate surface area is 144 Å². The highest BCUT2D eigenvalue weighted by Gasteiger charge is 2.15. The van der Waals surface area contributed by atoms with E-state index in [1.807, 2.05) is 0 Å². The number of hydrogen-bond acceptors (Lipinski definition) is 6. The molecule has 1 amide bonds. The van der Waals surface area contributed by atoms with Crippen LogP contribution in [0.15, 0.2) is 42.5 Å². The number of nitrogens with one attached hydrogen (secondary N) is 2. The van der Waals surface area contributed by atoms with Crippen LogP contribution in [0.5, 0.6) is 11.5 Å². The van der Waals surface area contributed by atoms with Gasteiger partial charge in [-0.25, -0.2) is 0 Å². The highest BCUT2D eigenvalue weighted by molar-refractivity contribution is 5.96. The van der Waals surface area contributed by atoms with Crippen molar-refractivity contribution < 1.29 is 19.2 Å². The van der Waals surface area contributed by atoms with Crippen molar-refractivity contribution in [1.29, 1.82) is 0 Å². The van der Waals surface area contributed by atoms with Crippen LogP contribution in [0, 0.1) is 10.1 Å². The van der Waals surface area contributed by atoms with Crippen LogP contribution in [0.25, 0.3) is 0 Å². The molecule has 0 aliphatic carbocycles. The lowest BCUT2D eigenvalue weighted by Crippen LogP contribution is -2.31. The van der Waals surface area contributed by atoms with Crippen LogP contribution in [0.4, 0.5) is 17.1 Å². The third-order valence-electron chi connectivity index (χ3n) is 3.51. The second kappa shape index (κ2) is 8.00. The Morgan fingerprint density at radius 3 is 2.20 bits per heavy atom. The molecule has 8 nitrogen and oxygen atoms in total. The van der Waals surface area contributed by atoms with Gasteiger partial charge in [-0.3, -0.25) is 14.9 Å². The van der Waals surface area contributed by atoms with Gasteiger partial charge in [-0.1, -0.05) is 0 Å². The van der Waals surface area contributed by atoms with Crippen molar-refractivity contribution >= 4 is 23.0 Å². The molecule has 0 radical (unpaired) electrons. The van der Waals surface area contributed by atoms with Crippen molar-refractivity contribution in [2.45, 2.75) is 13.0 Å². The lowest BCUT2D eigenvalue weighted by Gasteiger charge is -2.16. The molecule has 2 N–H and O–H groups in total. The molecule has 2 rings (SSSR count). The number of nitro groups is 1. The minimum Gasteiger partial charge on any atom is -0.493 e. The zero-order valence-corrected chi connectivity index (χ0v) is 14.1. The van der Waals surface area contributed by atoms with E-state index in [0.717, 1.165) is 0 Å². The number of nitro benzene ring substituents is 1. The third kappa shape index (κ3) is 4.60. The van der Waals surface area contributed by atoms with Crippen LogP contribution in [-0.2, 0) is 4.79 Å². The first-order chi connectivity index (χ1) is 11.9. The number of benzene rings is 2. The lowest BCUT2D eigenvalue weighted by molar-refractivity contribution is -0.384. The molecule has 2 aromatic carbocycles. The van der Waals surface area contributed by atoms with E-state index in [9.17, 15) is 14.9 Å². The number of carbonyl (C=O) groups excluding carboxylic acids is 1. The summed E-state index contributed by atoms with van der Waals surface area (Å²) < 4.78 is 10.4. The summed E-state index contributed by atoms with van der Waals surface area (Å²) in [5.41, 5.74) is 1.15. The summed E-state index contributed by atoms with van der Waals surface area (Å²) in [5.74, 6) is 0.871. The molecule has 0 spiro atoms. The predicted molar refractivity (Wildman–Crippen MR) is 94.4 cm³/mol. The highest BCUT2D eigenvalue weighted by atomic mass is 16.6. The van der Waals surface area contributed by atoms with Crippen LogP contribution in [-0.4, -0.2) is 31.1 Å². The molecule has 0 aliphatic rings. The second-order valence-corrected chi connectivity index (χ2v) is 5.23. The largest absolute Gasteiger partial charge is 0.493 e. The average molecular weight is 345 g/mol. The fraction of sp³-hybridized carbons (Fsp3) is 0.235. The second-order valence-electron chi connectivity index (χ2n) is 5.23. The Morgan fingerprint density at radius 1 is 1.04 bits per heavy atom. The van der Waals surface area contributed by atoms with Gasteiger partial charge in [0.05, 0.1) is 19.1 Å². The fourth-order valence-corrected chi connectivity index (χ4v) is 2.16. The molecule has 0 bridgehead atoms. The van der Waals surface area contributed by atoms with Crippen molar-refractivity contribution in [3.8, 4) is 11.5 Å². The molecule has 0 fully saturated rings. The van der Waals surface area contributed by atoms with Crippen LogP contribution >= 0.6 is 0 Å². The van der Waals surface area contributed by atoms with Gasteiger partial charge in [-0.05, 0) is 31.2 Å². The standard InChI is InChI=1S/C17H19N3O5/c1-11(18-13-6-9-15(24-2)16(10-13)25-3)17(21)19-12-4-7-14(8-5-12)20(22)23/h4-11,18H,1-3H3,(H,19,21). The van der Waals surface area contributed by atoms with Gasteiger partial charge in [0.2, 0.25) is 5.91 Å². The van der Waals surface area contributed by atoms with E-state index in [4.69, 9.17) is 9.47 Å². The lowest BCUT2D eigenvalue weighted by atomic mass is 10.2. The Balaban J connectivity index is 2.01. The fourth-order valence-electron chi connectivity index (χ4n) is 2.16. The molecule has 8 heteroatoms. The van der Waals surface area contributed by atoms with Crippen molar-refractivity contribution in [3.05, 3.63) is 52.6 Å². The van der Waals surface area contributed by atoms with Crippen molar-refractivity contribution in [1.82, 2.24) is 0 Å². The number of non-ortho nitro benzene ring substituents is 1. The molecule has 1 atom stereocenters. The van der Waals surface area contributed by atoms with Gasteiger partial charge in [0.25, 0.3) is 5.69 Å². The Kier molecular flexibility index (Phi) is 5.78. The van der Waals surface area contributed by atoms with E-state index >= 15 is 0 Å². The molecule has 132 valence electrons. The van der Waals surface area contributed by atoms with E-state index < -0.39 is 11.0 Å². The first kappa shape index (κ1) is 18.1. The van der Waals surface area contributed by atoms with Crippen molar-refractivity contribution in [2.75, 3.05) is 24.9 Å². The Bertz CT molecular complexity index is 761. The first-order valence-corrected chi connectivity index (χ1v) is 7.48. The summed E-state index contributed by atoms with van der Waals surface area (Å²) in [5, 5.41) is 16.4. The van der Waals surface area contributed by atoms with Crippen molar-refractivity contribution in [3.63, 3.8) is 0 Å². The van der Waals surface area contributed by atoms with Crippen LogP contribution < -0.4 is 20.1 Å². The maximum atomic E-state index is 12.2. The molecule has 1 unspecified atom stereocenters. The number of hydrogen-bond donors (Lipinski definition) is 2. The third-order valence-corrected chi connectivity index (χ3v) is 3.51. The predicted octanol–water partition coefficient (Wildman–Crippen LogP) is 3.05. The molecule has 0 aromatic heterocycles. The quantitative estimate of drug-likeness (QED) is 0.590. The van der Waals surface area contributed by atoms with Gasteiger partial charge < -0.3 is 20.1 Å². The van der Waals surface area contributed by atoms with Crippen molar-refractivity contribution in [2.24, 2.45) is 0 Å². The van der Waals surface area contributed by atoms with Gasteiger partial charge >= 0.3 is 0 Å². The van der Waals surface area contributed by atoms with E-state index in [1.165, 1.54) is 31.4 Å². The van der Waals surface area contributed by atoms with Crippen LogP contribution in [0.3, 0.4) is 0 Å². The first-order valence-electron chi connectivity index (χ1n) is 7.48. The number of ether oxygens (including phenoxy) is 2. The summed E-state index contributed by atoms with van der Waals surface area (Å²) in [6.45, 7) is 1.71. The van der Waals surface area contributed by atoms with Crippen LogP contribution in [0.2, 0.25) is 0 Å². The zero-order chi connectivity index (χ0) is 18.4. The summed E-state index contributed by atoms with van der Waals surface area (Å²) in [6.07, 6.45) is 0. The Hall–Kier alpha value is -3.29. The molecule has 0 saturated carbocycles. The summed E-state index contributed by atoms with van der Waals surface area (Å²) in [4.78, 5) is 22.4. The van der Waals surface area contributed by atoms with Gasteiger partial charge in [0, 0.05) is 29.6 Å². The monoisotopic (exact) mass is 345 g/mol. The molecule has 0 heterocycles. The number of methoxy groups -OCH3 is 2. The maximum Gasteiger partial charge on any atom is 0.269 e. The van der Waals surface area contributed by atoms with Gasteiger partial charge in [-0.15, -0.1) is 0 Å². The maximum absolute atomic E-state index is 12.2. The number of rotatable bonds is 7. The number of carbonyl (C=O) groups is 1. The molecule has 0 aliphatic heterocycles.